The molecule has 2 aromatic rings. The van der Waals surface area contributed by atoms with Gasteiger partial charge in [-0.05, 0) is 37.4 Å². The van der Waals surface area contributed by atoms with Crippen LogP contribution < -0.4 is 5.73 Å². The zero-order chi connectivity index (χ0) is 13.9. The average Bonchev–Trinajstić information content (AvgIpc) is 2.85. The van der Waals surface area contributed by atoms with E-state index in [9.17, 15) is 0 Å². The lowest BCUT2D eigenvalue weighted by molar-refractivity contribution is 0.173. The quantitative estimate of drug-likeness (QED) is 0.874. The van der Waals surface area contributed by atoms with E-state index in [1.54, 1.807) is 0 Å². The Morgan fingerprint density at radius 2 is 2.15 bits per heavy atom. The lowest BCUT2D eigenvalue weighted by Gasteiger charge is -2.32. The second-order valence-corrected chi connectivity index (χ2v) is 5.94. The highest BCUT2D eigenvalue weighted by molar-refractivity contribution is 5.77. The van der Waals surface area contributed by atoms with E-state index in [0.29, 0.717) is 0 Å². The molecule has 1 aliphatic rings. The summed E-state index contributed by atoms with van der Waals surface area (Å²) in [7, 11) is 0. The Bertz CT molecular complexity index is 526. The Balaban J connectivity index is 1.65. The van der Waals surface area contributed by atoms with Crippen LogP contribution in [0.3, 0.4) is 0 Å². The van der Waals surface area contributed by atoms with E-state index in [4.69, 9.17) is 10.2 Å². The van der Waals surface area contributed by atoms with Gasteiger partial charge in [-0.25, -0.2) is 0 Å². The molecular weight excluding hydrogens is 248 g/mol. The Morgan fingerprint density at radius 1 is 1.35 bits per heavy atom. The third kappa shape index (κ3) is 2.89. The molecule has 1 saturated carbocycles. The summed E-state index contributed by atoms with van der Waals surface area (Å²) in [6.45, 7) is 5.34. The highest BCUT2D eigenvalue weighted by Gasteiger charge is 2.22. The minimum Gasteiger partial charge on any atom is -0.459 e. The van der Waals surface area contributed by atoms with Crippen molar-refractivity contribution in [1.29, 1.82) is 0 Å². The Labute approximate surface area is 120 Å². The average molecular weight is 272 g/mol. The highest BCUT2D eigenvalue weighted by Crippen LogP contribution is 2.28. The summed E-state index contributed by atoms with van der Waals surface area (Å²) < 4.78 is 5.87. The summed E-state index contributed by atoms with van der Waals surface area (Å²) >= 11 is 0. The molecule has 3 heteroatoms. The molecule has 0 radical (unpaired) electrons. The SMILES string of the molecule is CCN(CC1CCC1)CC(N)c1cc2ccccc2o1. The molecule has 0 spiro atoms. The Hall–Kier alpha value is -1.32. The molecule has 1 unspecified atom stereocenters. The summed E-state index contributed by atoms with van der Waals surface area (Å²) in [5.41, 5.74) is 7.27. The molecule has 2 N–H and O–H groups in total. The van der Waals surface area contributed by atoms with Gasteiger partial charge in [0.2, 0.25) is 0 Å². The van der Waals surface area contributed by atoms with Crippen LogP contribution in [-0.2, 0) is 0 Å². The maximum atomic E-state index is 6.34. The molecule has 1 heterocycles. The number of benzene rings is 1. The number of rotatable bonds is 6. The maximum absolute atomic E-state index is 6.34. The number of hydrogen-bond acceptors (Lipinski definition) is 3. The first kappa shape index (κ1) is 13.7. The van der Waals surface area contributed by atoms with Gasteiger partial charge in [0, 0.05) is 18.5 Å². The molecule has 3 rings (SSSR count). The minimum absolute atomic E-state index is 0.0394. The van der Waals surface area contributed by atoms with Crippen LogP contribution in [0, 0.1) is 5.92 Å². The van der Waals surface area contributed by atoms with Gasteiger partial charge >= 0.3 is 0 Å². The van der Waals surface area contributed by atoms with Gasteiger partial charge in [-0.15, -0.1) is 0 Å². The molecule has 1 atom stereocenters. The smallest absolute Gasteiger partial charge is 0.134 e. The Kier molecular flexibility index (Phi) is 4.08. The van der Waals surface area contributed by atoms with Gasteiger partial charge in [-0.3, -0.25) is 0 Å². The molecule has 1 aromatic carbocycles. The van der Waals surface area contributed by atoms with E-state index in [1.165, 1.54) is 25.8 Å². The van der Waals surface area contributed by atoms with Crippen molar-refractivity contribution >= 4 is 11.0 Å². The monoisotopic (exact) mass is 272 g/mol. The van der Waals surface area contributed by atoms with Crippen LogP contribution in [0.25, 0.3) is 11.0 Å². The van der Waals surface area contributed by atoms with Crippen molar-refractivity contribution in [2.24, 2.45) is 11.7 Å². The van der Waals surface area contributed by atoms with Crippen LogP contribution in [0.4, 0.5) is 0 Å². The number of para-hydroxylation sites is 1. The zero-order valence-electron chi connectivity index (χ0n) is 12.2. The first-order valence-corrected chi connectivity index (χ1v) is 7.72. The van der Waals surface area contributed by atoms with Crippen molar-refractivity contribution in [2.75, 3.05) is 19.6 Å². The standard InChI is InChI=1S/C17H24N2O/c1-2-19(11-13-6-5-7-13)12-15(18)17-10-14-8-3-4-9-16(14)20-17/h3-4,8-10,13,15H,2,5-7,11-12,18H2,1H3. The van der Waals surface area contributed by atoms with Crippen LogP contribution >= 0.6 is 0 Å². The molecule has 1 aromatic heterocycles. The number of nitrogens with zero attached hydrogens (tertiary/aromatic N) is 1. The van der Waals surface area contributed by atoms with Gasteiger partial charge in [0.15, 0.2) is 0 Å². The molecule has 0 bridgehead atoms. The van der Waals surface area contributed by atoms with Crippen molar-refractivity contribution in [3.63, 3.8) is 0 Å². The van der Waals surface area contributed by atoms with Gasteiger partial charge in [0.1, 0.15) is 11.3 Å². The number of likely N-dealkylation sites (N-methyl/N-ethyl adjacent to an activating group) is 1. The molecule has 108 valence electrons. The lowest BCUT2D eigenvalue weighted by Crippen LogP contribution is -2.37. The Morgan fingerprint density at radius 3 is 2.80 bits per heavy atom. The van der Waals surface area contributed by atoms with Crippen LogP contribution in [0.2, 0.25) is 0 Å². The summed E-state index contributed by atoms with van der Waals surface area (Å²) in [6.07, 6.45) is 4.17. The summed E-state index contributed by atoms with van der Waals surface area (Å²) in [4.78, 5) is 2.46. The molecule has 1 aliphatic carbocycles. The van der Waals surface area contributed by atoms with E-state index in [2.05, 4.69) is 24.0 Å². The summed E-state index contributed by atoms with van der Waals surface area (Å²) in [6, 6.07) is 10.1. The first-order chi connectivity index (χ1) is 9.76. The van der Waals surface area contributed by atoms with E-state index in [0.717, 1.165) is 35.7 Å². The number of hydrogen-bond donors (Lipinski definition) is 1. The van der Waals surface area contributed by atoms with Crippen LogP contribution in [0.5, 0.6) is 0 Å². The molecule has 20 heavy (non-hydrogen) atoms. The third-order valence-electron chi connectivity index (χ3n) is 4.45. The van der Waals surface area contributed by atoms with Gasteiger partial charge in [0.05, 0.1) is 6.04 Å². The predicted octanol–water partition coefficient (Wildman–Crippen LogP) is 3.55. The molecular formula is C17H24N2O. The molecule has 3 nitrogen and oxygen atoms in total. The largest absolute Gasteiger partial charge is 0.459 e. The minimum atomic E-state index is -0.0394. The van der Waals surface area contributed by atoms with Gasteiger partial charge in [0.25, 0.3) is 0 Å². The van der Waals surface area contributed by atoms with Crippen molar-refractivity contribution in [2.45, 2.75) is 32.2 Å². The van der Waals surface area contributed by atoms with Crippen molar-refractivity contribution in [1.82, 2.24) is 4.90 Å². The first-order valence-electron chi connectivity index (χ1n) is 7.72. The number of fused-ring (bicyclic) bond motifs is 1. The van der Waals surface area contributed by atoms with Crippen molar-refractivity contribution in [3.05, 3.63) is 36.1 Å². The van der Waals surface area contributed by atoms with E-state index in [-0.39, 0.29) is 6.04 Å². The van der Waals surface area contributed by atoms with Crippen LogP contribution in [0.15, 0.2) is 34.7 Å². The fourth-order valence-corrected chi connectivity index (χ4v) is 2.93. The fourth-order valence-electron chi connectivity index (χ4n) is 2.93. The predicted molar refractivity (Wildman–Crippen MR) is 82.6 cm³/mol. The second kappa shape index (κ2) is 5.98. The number of nitrogens with two attached hydrogens (primary N) is 1. The van der Waals surface area contributed by atoms with Crippen LogP contribution in [0.1, 0.15) is 38.0 Å². The molecule has 0 amide bonds. The summed E-state index contributed by atoms with van der Waals surface area (Å²) in [5, 5.41) is 1.14. The molecule has 0 saturated heterocycles. The van der Waals surface area contributed by atoms with Gasteiger partial charge < -0.3 is 15.1 Å². The van der Waals surface area contributed by atoms with E-state index < -0.39 is 0 Å². The topological polar surface area (TPSA) is 42.4 Å². The fraction of sp³-hybridized carbons (Fsp3) is 0.529. The van der Waals surface area contributed by atoms with Crippen LogP contribution in [-0.4, -0.2) is 24.5 Å². The van der Waals surface area contributed by atoms with E-state index in [1.807, 2.05) is 18.2 Å². The molecule has 1 fully saturated rings. The molecule has 0 aliphatic heterocycles. The highest BCUT2D eigenvalue weighted by atomic mass is 16.3. The number of furan rings is 1. The summed E-state index contributed by atoms with van der Waals surface area (Å²) in [5.74, 6) is 1.79. The van der Waals surface area contributed by atoms with Crippen molar-refractivity contribution < 1.29 is 4.42 Å². The lowest BCUT2D eigenvalue weighted by atomic mass is 9.85. The van der Waals surface area contributed by atoms with E-state index >= 15 is 0 Å². The van der Waals surface area contributed by atoms with Crippen molar-refractivity contribution in [3.8, 4) is 0 Å². The van der Waals surface area contributed by atoms with Gasteiger partial charge in [-0.1, -0.05) is 31.5 Å². The maximum Gasteiger partial charge on any atom is 0.134 e. The normalized spacial score (nSPS) is 17.6. The van der Waals surface area contributed by atoms with Gasteiger partial charge in [-0.2, -0.15) is 0 Å². The third-order valence-corrected chi connectivity index (χ3v) is 4.45. The second-order valence-electron chi connectivity index (χ2n) is 5.94. The zero-order valence-corrected chi connectivity index (χ0v) is 12.2.